The molecule has 0 aromatic heterocycles. The molecular weight excluding hydrogens is 162 g/mol. The number of hydrogen-bond donors (Lipinski definition) is 2. The lowest BCUT2D eigenvalue weighted by molar-refractivity contribution is 0.855. The Morgan fingerprint density at radius 3 is 2.62 bits per heavy atom. The first-order chi connectivity index (χ1) is 6.36. The SMILES string of the molecule is NC1=CN(c2ccccc2)NC=C1. The lowest BCUT2D eigenvalue weighted by atomic mass is 10.3. The first-order valence-electron chi connectivity index (χ1n) is 4.10. The Labute approximate surface area is 77.1 Å². The molecule has 3 N–H and O–H groups in total. The lowest BCUT2D eigenvalue weighted by Gasteiger charge is -2.23. The molecule has 1 aromatic rings. The number of hydrazine groups is 1. The van der Waals surface area contributed by atoms with Crippen molar-refractivity contribution < 1.29 is 0 Å². The van der Waals surface area contributed by atoms with Crippen LogP contribution in [0.15, 0.2) is 54.5 Å². The van der Waals surface area contributed by atoms with Crippen LogP contribution in [0.5, 0.6) is 0 Å². The quantitative estimate of drug-likeness (QED) is 0.673. The molecule has 0 aliphatic carbocycles. The number of anilines is 1. The zero-order chi connectivity index (χ0) is 9.10. The second-order valence-corrected chi connectivity index (χ2v) is 2.80. The molecule has 0 unspecified atom stereocenters. The van der Waals surface area contributed by atoms with Gasteiger partial charge in [0, 0.05) is 12.4 Å². The first-order valence-corrected chi connectivity index (χ1v) is 4.10. The van der Waals surface area contributed by atoms with Crippen molar-refractivity contribution in [3.63, 3.8) is 0 Å². The number of nitrogens with one attached hydrogen (secondary N) is 1. The normalized spacial score (nSPS) is 15.1. The van der Waals surface area contributed by atoms with Gasteiger partial charge in [-0.3, -0.25) is 5.01 Å². The summed E-state index contributed by atoms with van der Waals surface area (Å²) in [6.07, 6.45) is 5.47. The van der Waals surface area contributed by atoms with E-state index in [1.807, 2.05) is 53.8 Å². The molecular formula is C10H11N3. The molecule has 13 heavy (non-hydrogen) atoms. The molecule has 1 aliphatic heterocycles. The second kappa shape index (κ2) is 3.23. The number of nitrogens with zero attached hydrogens (tertiary/aromatic N) is 1. The maximum absolute atomic E-state index is 5.66. The smallest absolute Gasteiger partial charge is 0.0624 e. The van der Waals surface area contributed by atoms with Crippen molar-refractivity contribution in [2.24, 2.45) is 5.73 Å². The number of allylic oxidation sites excluding steroid dienone is 1. The van der Waals surface area contributed by atoms with Gasteiger partial charge < -0.3 is 11.2 Å². The monoisotopic (exact) mass is 173 g/mol. The number of nitrogens with two attached hydrogens (primary N) is 1. The molecule has 66 valence electrons. The topological polar surface area (TPSA) is 41.3 Å². The summed E-state index contributed by atoms with van der Waals surface area (Å²) in [5.74, 6) is 0. The fraction of sp³-hybridized carbons (Fsp3) is 0. The van der Waals surface area contributed by atoms with Crippen molar-refractivity contribution in [2.75, 3.05) is 5.01 Å². The van der Waals surface area contributed by atoms with E-state index < -0.39 is 0 Å². The summed E-state index contributed by atoms with van der Waals surface area (Å²) >= 11 is 0. The highest BCUT2D eigenvalue weighted by Crippen LogP contribution is 2.13. The summed E-state index contributed by atoms with van der Waals surface area (Å²) in [5, 5.41) is 1.87. The largest absolute Gasteiger partial charge is 0.397 e. The molecule has 2 rings (SSSR count). The Morgan fingerprint density at radius 1 is 1.15 bits per heavy atom. The molecule has 0 saturated carbocycles. The Morgan fingerprint density at radius 2 is 1.92 bits per heavy atom. The van der Waals surface area contributed by atoms with Crippen LogP contribution in [0.3, 0.4) is 0 Å². The van der Waals surface area contributed by atoms with Gasteiger partial charge in [0.25, 0.3) is 0 Å². The third kappa shape index (κ3) is 1.64. The lowest BCUT2D eigenvalue weighted by Crippen LogP contribution is -2.32. The second-order valence-electron chi connectivity index (χ2n) is 2.80. The van der Waals surface area contributed by atoms with Crippen molar-refractivity contribution in [3.05, 3.63) is 54.5 Å². The molecule has 1 aromatic carbocycles. The van der Waals surface area contributed by atoms with Crippen LogP contribution < -0.4 is 16.2 Å². The molecule has 0 fully saturated rings. The Hall–Kier alpha value is -1.90. The van der Waals surface area contributed by atoms with E-state index >= 15 is 0 Å². The minimum atomic E-state index is 0.739. The average Bonchev–Trinajstić information content (AvgIpc) is 2.19. The van der Waals surface area contributed by atoms with Crippen molar-refractivity contribution in [2.45, 2.75) is 0 Å². The highest BCUT2D eigenvalue weighted by Gasteiger charge is 2.03. The standard InChI is InChI=1S/C10H11N3/c11-9-6-7-12-13(8-9)10-4-2-1-3-5-10/h1-8,12H,11H2. The van der Waals surface area contributed by atoms with Gasteiger partial charge in [-0.1, -0.05) is 18.2 Å². The molecule has 0 saturated heterocycles. The molecule has 1 aliphatic rings. The van der Waals surface area contributed by atoms with Crippen LogP contribution in [-0.2, 0) is 0 Å². The minimum Gasteiger partial charge on any atom is -0.397 e. The maximum atomic E-state index is 5.66. The highest BCUT2D eigenvalue weighted by atomic mass is 15.5. The molecule has 3 nitrogen and oxygen atoms in total. The summed E-state index contributed by atoms with van der Waals surface area (Å²) in [6, 6.07) is 9.97. The summed E-state index contributed by atoms with van der Waals surface area (Å²) in [4.78, 5) is 0. The van der Waals surface area contributed by atoms with Crippen LogP contribution in [0.4, 0.5) is 5.69 Å². The van der Waals surface area contributed by atoms with Crippen LogP contribution in [0.1, 0.15) is 0 Å². The van der Waals surface area contributed by atoms with Gasteiger partial charge in [0.1, 0.15) is 0 Å². The molecule has 0 atom stereocenters. The predicted molar refractivity (Wildman–Crippen MR) is 53.5 cm³/mol. The van der Waals surface area contributed by atoms with E-state index in [1.165, 1.54) is 0 Å². The van der Waals surface area contributed by atoms with Crippen LogP contribution in [0.25, 0.3) is 0 Å². The van der Waals surface area contributed by atoms with Crippen LogP contribution >= 0.6 is 0 Å². The van der Waals surface area contributed by atoms with Crippen LogP contribution in [-0.4, -0.2) is 0 Å². The summed E-state index contributed by atoms with van der Waals surface area (Å²) in [7, 11) is 0. The zero-order valence-electron chi connectivity index (χ0n) is 7.14. The van der Waals surface area contributed by atoms with Gasteiger partial charge in [-0.25, -0.2) is 0 Å². The predicted octanol–water partition coefficient (Wildman–Crippen LogP) is 1.33. The van der Waals surface area contributed by atoms with Crippen LogP contribution in [0, 0.1) is 0 Å². The molecule has 0 amide bonds. The van der Waals surface area contributed by atoms with E-state index in [4.69, 9.17) is 5.73 Å². The molecule has 3 heteroatoms. The van der Waals surface area contributed by atoms with E-state index in [2.05, 4.69) is 5.43 Å². The average molecular weight is 173 g/mol. The van der Waals surface area contributed by atoms with Crippen LogP contribution in [0.2, 0.25) is 0 Å². The summed E-state index contributed by atoms with van der Waals surface area (Å²) < 4.78 is 0. The van der Waals surface area contributed by atoms with Crippen molar-refractivity contribution in [1.82, 2.24) is 5.43 Å². The zero-order valence-corrected chi connectivity index (χ0v) is 7.14. The van der Waals surface area contributed by atoms with Gasteiger partial charge in [0.05, 0.1) is 11.4 Å². The Bertz CT molecular complexity index is 340. The fourth-order valence-electron chi connectivity index (χ4n) is 1.18. The van der Waals surface area contributed by atoms with Gasteiger partial charge in [-0.2, -0.15) is 0 Å². The van der Waals surface area contributed by atoms with E-state index in [1.54, 1.807) is 0 Å². The third-order valence-electron chi connectivity index (χ3n) is 1.80. The van der Waals surface area contributed by atoms with Gasteiger partial charge in [-0.15, -0.1) is 0 Å². The van der Waals surface area contributed by atoms with Crippen molar-refractivity contribution >= 4 is 5.69 Å². The van der Waals surface area contributed by atoms with E-state index in [0.717, 1.165) is 11.4 Å². The number of para-hydroxylation sites is 1. The van der Waals surface area contributed by atoms with E-state index in [0.29, 0.717) is 0 Å². The Kier molecular flexibility index (Phi) is 1.92. The van der Waals surface area contributed by atoms with Gasteiger partial charge >= 0.3 is 0 Å². The highest BCUT2D eigenvalue weighted by molar-refractivity contribution is 5.50. The number of hydrogen-bond acceptors (Lipinski definition) is 3. The minimum absolute atomic E-state index is 0.739. The van der Waals surface area contributed by atoms with E-state index in [-0.39, 0.29) is 0 Å². The molecule has 1 heterocycles. The summed E-state index contributed by atoms with van der Waals surface area (Å²) in [5.41, 5.74) is 10.5. The van der Waals surface area contributed by atoms with Gasteiger partial charge in [0.15, 0.2) is 0 Å². The van der Waals surface area contributed by atoms with Crippen molar-refractivity contribution in [3.8, 4) is 0 Å². The first kappa shape index (κ1) is 7.73. The number of benzene rings is 1. The molecule has 0 radical (unpaired) electrons. The summed E-state index contributed by atoms with van der Waals surface area (Å²) in [6.45, 7) is 0. The molecule has 0 bridgehead atoms. The van der Waals surface area contributed by atoms with Gasteiger partial charge in [-0.05, 0) is 18.2 Å². The number of rotatable bonds is 1. The third-order valence-corrected chi connectivity index (χ3v) is 1.80. The van der Waals surface area contributed by atoms with E-state index in [9.17, 15) is 0 Å². The maximum Gasteiger partial charge on any atom is 0.0624 e. The molecule has 0 spiro atoms. The fourth-order valence-corrected chi connectivity index (χ4v) is 1.18. The van der Waals surface area contributed by atoms with Crippen molar-refractivity contribution in [1.29, 1.82) is 0 Å². The van der Waals surface area contributed by atoms with Gasteiger partial charge in [0.2, 0.25) is 0 Å². The Balaban J connectivity index is 2.24.